The number of aromatic nitrogens is 1. The lowest BCUT2D eigenvalue weighted by atomic mass is 10.4. The van der Waals surface area contributed by atoms with Gasteiger partial charge in [0.2, 0.25) is 10.0 Å². The van der Waals surface area contributed by atoms with Crippen LogP contribution in [0.1, 0.15) is 16.9 Å². The Morgan fingerprint density at radius 1 is 1.56 bits per heavy atom. The Balaban J connectivity index is 2.81. The maximum atomic E-state index is 12.1. The molecule has 0 amide bonds. The smallest absolute Gasteiger partial charge is 0.352 e. The Labute approximate surface area is 106 Å². The fourth-order valence-electron chi connectivity index (χ4n) is 1.43. The number of carboxylic acid groups (broad SMARTS) is 1. The number of carbonyl (C=O) groups is 1. The zero-order valence-corrected chi connectivity index (χ0v) is 11.1. The standard InChI is InChI=1S/C10H17N3O4S/c1-11-4-3-5-13(2)18(16,17)8-6-9(10(14)15)12-7-8/h6-7,11-12H,3-5H2,1-2H3,(H,14,15). The predicted octanol–water partition coefficient (Wildman–Crippen LogP) is -0.0571. The molecule has 0 aliphatic rings. The highest BCUT2D eigenvalue weighted by Gasteiger charge is 2.22. The lowest BCUT2D eigenvalue weighted by Gasteiger charge is -2.15. The summed E-state index contributed by atoms with van der Waals surface area (Å²) >= 11 is 0. The van der Waals surface area contributed by atoms with E-state index in [0.717, 1.165) is 6.07 Å². The molecular weight excluding hydrogens is 258 g/mol. The molecule has 0 atom stereocenters. The molecule has 0 fully saturated rings. The Bertz CT molecular complexity index is 509. The number of hydrogen-bond donors (Lipinski definition) is 3. The van der Waals surface area contributed by atoms with Crippen molar-refractivity contribution >= 4 is 16.0 Å². The normalized spacial score (nSPS) is 11.9. The van der Waals surface area contributed by atoms with Gasteiger partial charge in [-0.25, -0.2) is 17.5 Å². The quantitative estimate of drug-likeness (QED) is 0.605. The fourth-order valence-corrected chi connectivity index (χ4v) is 2.63. The van der Waals surface area contributed by atoms with Crippen molar-refractivity contribution in [2.45, 2.75) is 11.3 Å². The lowest BCUT2D eigenvalue weighted by Crippen LogP contribution is -2.29. The van der Waals surface area contributed by atoms with E-state index in [0.29, 0.717) is 19.5 Å². The van der Waals surface area contributed by atoms with Crippen molar-refractivity contribution in [2.75, 3.05) is 27.2 Å². The van der Waals surface area contributed by atoms with Gasteiger partial charge < -0.3 is 15.4 Å². The van der Waals surface area contributed by atoms with E-state index in [2.05, 4.69) is 10.3 Å². The number of carboxylic acids is 1. The van der Waals surface area contributed by atoms with Crippen molar-refractivity contribution in [3.63, 3.8) is 0 Å². The number of aromatic amines is 1. The van der Waals surface area contributed by atoms with E-state index in [1.165, 1.54) is 17.5 Å². The third-order valence-electron chi connectivity index (χ3n) is 2.49. The molecule has 0 bridgehead atoms. The minimum atomic E-state index is -3.62. The van der Waals surface area contributed by atoms with Crippen molar-refractivity contribution in [2.24, 2.45) is 0 Å². The predicted molar refractivity (Wildman–Crippen MR) is 66.1 cm³/mol. The largest absolute Gasteiger partial charge is 0.477 e. The highest BCUT2D eigenvalue weighted by atomic mass is 32.2. The summed E-state index contributed by atoms with van der Waals surface area (Å²) in [5, 5.41) is 11.7. The first-order valence-electron chi connectivity index (χ1n) is 5.42. The van der Waals surface area contributed by atoms with Crippen LogP contribution in [-0.2, 0) is 10.0 Å². The minimum Gasteiger partial charge on any atom is -0.477 e. The van der Waals surface area contributed by atoms with E-state index in [-0.39, 0.29) is 10.6 Å². The molecule has 0 saturated carbocycles. The van der Waals surface area contributed by atoms with Gasteiger partial charge in [-0.05, 0) is 26.1 Å². The highest BCUT2D eigenvalue weighted by Crippen LogP contribution is 2.15. The van der Waals surface area contributed by atoms with Gasteiger partial charge in [-0.1, -0.05) is 0 Å². The average Bonchev–Trinajstić information content (AvgIpc) is 2.79. The summed E-state index contributed by atoms with van der Waals surface area (Å²) in [5.41, 5.74) is -0.141. The van der Waals surface area contributed by atoms with Crippen LogP contribution < -0.4 is 5.32 Å². The molecule has 0 radical (unpaired) electrons. The molecule has 1 heterocycles. The molecular formula is C10H17N3O4S. The minimum absolute atomic E-state index is 0.0353. The molecule has 102 valence electrons. The van der Waals surface area contributed by atoms with E-state index in [1.807, 2.05) is 0 Å². The molecule has 1 aromatic rings. The maximum absolute atomic E-state index is 12.1. The summed E-state index contributed by atoms with van der Waals surface area (Å²) in [4.78, 5) is 13.1. The number of aromatic carboxylic acids is 1. The summed E-state index contributed by atoms with van der Waals surface area (Å²) in [6.45, 7) is 1.09. The van der Waals surface area contributed by atoms with Crippen LogP contribution in [0.15, 0.2) is 17.2 Å². The molecule has 7 nitrogen and oxygen atoms in total. The second-order valence-electron chi connectivity index (χ2n) is 3.84. The topological polar surface area (TPSA) is 103 Å². The molecule has 1 rings (SSSR count). The zero-order valence-electron chi connectivity index (χ0n) is 10.3. The third-order valence-corrected chi connectivity index (χ3v) is 4.33. The number of hydrogen-bond acceptors (Lipinski definition) is 4. The van der Waals surface area contributed by atoms with Gasteiger partial charge in [0.15, 0.2) is 0 Å². The Morgan fingerprint density at radius 2 is 2.22 bits per heavy atom. The van der Waals surface area contributed by atoms with Crippen molar-refractivity contribution in [3.8, 4) is 0 Å². The zero-order chi connectivity index (χ0) is 13.8. The molecule has 0 saturated heterocycles. The first kappa shape index (κ1) is 14.7. The van der Waals surface area contributed by atoms with Crippen LogP contribution in [0.2, 0.25) is 0 Å². The number of rotatable bonds is 7. The van der Waals surface area contributed by atoms with Crippen molar-refractivity contribution in [1.29, 1.82) is 0 Å². The first-order valence-corrected chi connectivity index (χ1v) is 6.86. The van der Waals surface area contributed by atoms with Gasteiger partial charge in [-0.3, -0.25) is 0 Å². The summed E-state index contributed by atoms with van der Waals surface area (Å²) in [6.07, 6.45) is 1.87. The molecule has 0 aliphatic heterocycles. The molecule has 1 aromatic heterocycles. The molecule has 0 unspecified atom stereocenters. The van der Waals surface area contributed by atoms with E-state index in [9.17, 15) is 13.2 Å². The second kappa shape index (κ2) is 5.98. The van der Waals surface area contributed by atoms with Crippen molar-refractivity contribution < 1.29 is 18.3 Å². The molecule has 8 heteroatoms. The summed E-state index contributed by atoms with van der Waals surface area (Å²) in [6, 6.07) is 1.12. The fraction of sp³-hybridized carbons (Fsp3) is 0.500. The van der Waals surface area contributed by atoms with Crippen LogP contribution in [0.3, 0.4) is 0 Å². The Kier molecular flexibility index (Phi) is 4.88. The number of nitrogens with zero attached hydrogens (tertiary/aromatic N) is 1. The van der Waals surface area contributed by atoms with Gasteiger partial charge in [-0.2, -0.15) is 0 Å². The van der Waals surface area contributed by atoms with Gasteiger partial charge >= 0.3 is 5.97 Å². The van der Waals surface area contributed by atoms with Gasteiger partial charge in [0, 0.05) is 19.8 Å². The molecule has 3 N–H and O–H groups in total. The maximum Gasteiger partial charge on any atom is 0.352 e. The van der Waals surface area contributed by atoms with E-state index in [1.54, 1.807) is 7.05 Å². The summed E-state index contributed by atoms with van der Waals surface area (Å²) in [7, 11) is -0.359. The molecule has 0 spiro atoms. The van der Waals surface area contributed by atoms with Gasteiger partial charge in [0.25, 0.3) is 0 Å². The van der Waals surface area contributed by atoms with Crippen molar-refractivity contribution in [1.82, 2.24) is 14.6 Å². The van der Waals surface area contributed by atoms with Crippen LogP contribution in [-0.4, -0.2) is 56.0 Å². The average molecular weight is 275 g/mol. The van der Waals surface area contributed by atoms with Crippen LogP contribution in [0.4, 0.5) is 0 Å². The molecule has 0 aromatic carbocycles. The Hall–Kier alpha value is -1.38. The van der Waals surface area contributed by atoms with Crippen LogP contribution >= 0.6 is 0 Å². The molecule has 18 heavy (non-hydrogen) atoms. The third kappa shape index (κ3) is 3.31. The highest BCUT2D eigenvalue weighted by molar-refractivity contribution is 7.89. The van der Waals surface area contributed by atoms with Gasteiger partial charge in [0.05, 0.1) is 0 Å². The van der Waals surface area contributed by atoms with E-state index >= 15 is 0 Å². The first-order chi connectivity index (χ1) is 8.39. The number of H-pyrrole nitrogens is 1. The number of sulfonamides is 1. The van der Waals surface area contributed by atoms with Gasteiger partial charge in [-0.15, -0.1) is 0 Å². The molecule has 0 aliphatic carbocycles. The van der Waals surface area contributed by atoms with E-state index in [4.69, 9.17) is 5.11 Å². The van der Waals surface area contributed by atoms with Crippen molar-refractivity contribution in [3.05, 3.63) is 18.0 Å². The SMILES string of the molecule is CNCCCN(C)S(=O)(=O)c1c[nH]c(C(=O)O)c1. The lowest BCUT2D eigenvalue weighted by molar-refractivity contribution is 0.0691. The van der Waals surface area contributed by atoms with Crippen LogP contribution in [0.5, 0.6) is 0 Å². The van der Waals surface area contributed by atoms with E-state index < -0.39 is 16.0 Å². The van der Waals surface area contributed by atoms with Crippen LogP contribution in [0, 0.1) is 0 Å². The number of nitrogens with one attached hydrogen (secondary N) is 2. The monoisotopic (exact) mass is 275 g/mol. The van der Waals surface area contributed by atoms with Crippen LogP contribution in [0.25, 0.3) is 0 Å². The summed E-state index contributed by atoms with van der Waals surface area (Å²) < 4.78 is 25.3. The Morgan fingerprint density at radius 3 is 2.72 bits per heavy atom. The summed E-state index contributed by atoms with van der Waals surface area (Å²) in [5.74, 6) is -1.19. The van der Waals surface area contributed by atoms with Gasteiger partial charge in [0.1, 0.15) is 10.6 Å². The second-order valence-corrected chi connectivity index (χ2v) is 5.88.